The van der Waals surface area contributed by atoms with Gasteiger partial charge in [0.25, 0.3) is 5.56 Å². The Hall–Kier alpha value is -1.62. The Morgan fingerprint density at radius 3 is 3.27 bits per heavy atom. The number of nitrogens with zero attached hydrogens (tertiary/aromatic N) is 2. The molecule has 0 aliphatic rings. The SMILES string of the molecule is C=CCSc1nc2cnccc2c(=O)[nH]1. The number of hydrogen-bond acceptors (Lipinski definition) is 4. The molecule has 5 heteroatoms. The molecule has 0 saturated carbocycles. The maximum absolute atomic E-state index is 11.6. The number of rotatable bonds is 3. The van der Waals surface area contributed by atoms with Crippen LogP contribution in [0.15, 0.2) is 41.1 Å². The van der Waals surface area contributed by atoms with Gasteiger partial charge in [0, 0.05) is 11.9 Å². The molecule has 0 unspecified atom stereocenters. The first-order valence-electron chi connectivity index (χ1n) is 4.39. The van der Waals surface area contributed by atoms with Crippen LogP contribution in [0, 0.1) is 0 Å². The Bertz CT molecular complexity index is 550. The van der Waals surface area contributed by atoms with E-state index in [4.69, 9.17) is 0 Å². The second-order valence-corrected chi connectivity index (χ2v) is 3.87. The van der Waals surface area contributed by atoms with Crippen LogP contribution in [0.3, 0.4) is 0 Å². The van der Waals surface area contributed by atoms with E-state index < -0.39 is 0 Å². The number of hydrogen-bond donors (Lipinski definition) is 1. The van der Waals surface area contributed by atoms with E-state index in [2.05, 4.69) is 21.5 Å². The van der Waals surface area contributed by atoms with E-state index in [0.29, 0.717) is 21.8 Å². The van der Waals surface area contributed by atoms with Gasteiger partial charge in [-0.2, -0.15) is 0 Å². The van der Waals surface area contributed by atoms with E-state index in [1.165, 1.54) is 11.8 Å². The van der Waals surface area contributed by atoms with Crippen LogP contribution in [0.1, 0.15) is 0 Å². The standard InChI is InChI=1S/C10H9N3OS/c1-2-5-15-10-12-8-6-11-4-3-7(8)9(14)13-10/h2-4,6H,1,5H2,(H,12,13,14). The minimum absolute atomic E-state index is 0.131. The van der Waals surface area contributed by atoms with Crippen molar-refractivity contribution in [3.63, 3.8) is 0 Å². The summed E-state index contributed by atoms with van der Waals surface area (Å²) >= 11 is 1.44. The average molecular weight is 219 g/mol. The highest BCUT2D eigenvalue weighted by Gasteiger charge is 2.02. The maximum atomic E-state index is 11.6. The fourth-order valence-electron chi connectivity index (χ4n) is 1.18. The molecule has 0 aliphatic heterocycles. The highest BCUT2D eigenvalue weighted by Crippen LogP contribution is 2.13. The molecule has 4 nitrogen and oxygen atoms in total. The van der Waals surface area contributed by atoms with Gasteiger partial charge in [-0.1, -0.05) is 17.8 Å². The molecule has 0 aromatic carbocycles. The average Bonchev–Trinajstić information content (AvgIpc) is 2.26. The molecule has 2 aromatic rings. The summed E-state index contributed by atoms with van der Waals surface area (Å²) in [6.07, 6.45) is 4.93. The normalized spacial score (nSPS) is 10.4. The van der Waals surface area contributed by atoms with Crippen molar-refractivity contribution in [3.05, 3.63) is 41.5 Å². The molecular weight excluding hydrogens is 210 g/mol. The lowest BCUT2D eigenvalue weighted by atomic mass is 10.3. The molecule has 0 spiro atoms. The van der Waals surface area contributed by atoms with Crippen molar-refractivity contribution < 1.29 is 0 Å². The number of aromatic amines is 1. The van der Waals surface area contributed by atoms with Gasteiger partial charge in [0.15, 0.2) is 5.16 Å². The van der Waals surface area contributed by atoms with Gasteiger partial charge < -0.3 is 4.98 Å². The van der Waals surface area contributed by atoms with Crippen molar-refractivity contribution in [2.45, 2.75) is 5.16 Å². The molecule has 2 aromatic heterocycles. The molecule has 0 radical (unpaired) electrons. The fraction of sp³-hybridized carbons (Fsp3) is 0.100. The summed E-state index contributed by atoms with van der Waals surface area (Å²) in [6.45, 7) is 3.61. The van der Waals surface area contributed by atoms with Crippen molar-refractivity contribution in [1.82, 2.24) is 15.0 Å². The van der Waals surface area contributed by atoms with E-state index in [1.54, 1.807) is 24.5 Å². The molecule has 0 fully saturated rings. The van der Waals surface area contributed by atoms with E-state index in [9.17, 15) is 4.79 Å². The van der Waals surface area contributed by atoms with Gasteiger partial charge in [-0.05, 0) is 6.07 Å². The number of pyridine rings is 1. The summed E-state index contributed by atoms with van der Waals surface area (Å²) in [7, 11) is 0. The summed E-state index contributed by atoms with van der Waals surface area (Å²) in [5, 5.41) is 1.16. The Morgan fingerprint density at radius 1 is 1.60 bits per heavy atom. The first-order chi connectivity index (χ1) is 7.31. The second kappa shape index (κ2) is 4.27. The molecule has 2 heterocycles. The molecule has 76 valence electrons. The second-order valence-electron chi connectivity index (χ2n) is 2.86. The Labute approximate surface area is 90.5 Å². The lowest BCUT2D eigenvalue weighted by Crippen LogP contribution is -2.09. The molecule has 15 heavy (non-hydrogen) atoms. The summed E-state index contributed by atoms with van der Waals surface area (Å²) in [5.74, 6) is 0.717. The Balaban J connectivity index is 2.52. The number of fused-ring (bicyclic) bond motifs is 1. The Morgan fingerprint density at radius 2 is 2.47 bits per heavy atom. The van der Waals surface area contributed by atoms with Crippen LogP contribution in [-0.4, -0.2) is 20.7 Å². The van der Waals surface area contributed by atoms with Crippen LogP contribution in [0.4, 0.5) is 0 Å². The summed E-state index contributed by atoms with van der Waals surface area (Å²) in [5.41, 5.74) is 0.488. The maximum Gasteiger partial charge on any atom is 0.259 e. The first-order valence-corrected chi connectivity index (χ1v) is 5.37. The fourth-order valence-corrected chi connectivity index (χ4v) is 1.78. The molecule has 0 saturated heterocycles. The smallest absolute Gasteiger partial charge is 0.259 e. The Kier molecular flexibility index (Phi) is 2.82. The van der Waals surface area contributed by atoms with E-state index in [0.717, 1.165) is 0 Å². The molecule has 1 N–H and O–H groups in total. The van der Waals surface area contributed by atoms with Crippen LogP contribution in [0.25, 0.3) is 10.9 Å². The van der Waals surface area contributed by atoms with Gasteiger partial charge >= 0.3 is 0 Å². The number of nitrogens with one attached hydrogen (secondary N) is 1. The third-order valence-electron chi connectivity index (χ3n) is 1.83. The summed E-state index contributed by atoms with van der Waals surface area (Å²) in [4.78, 5) is 22.5. The molecule has 0 atom stereocenters. The zero-order chi connectivity index (χ0) is 10.7. The molecule has 0 aliphatic carbocycles. The largest absolute Gasteiger partial charge is 0.301 e. The quantitative estimate of drug-likeness (QED) is 0.484. The highest BCUT2D eigenvalue weighted by atomic mass is 32.2. The third-order valence-corrected chi connectivity index (χ3v) is 2.69. The monoisotopic (exact) mass is 219 g/mol. The van der Waals surface area contributed by atoms with Crippen LogP contribution in [0.5, 0.6) is 0 Å². The van der Waals surface area contributed by atoms with Crippen molar-refractivity contribution in [2.24, 2.45) is 0 Å². The first kappa shape index (κ1) is 9.92. The highest BCUT2D eigenvalue weighted by molar-refractivity contribution is 7.99. The van der Waals surface area contributed by atoms with Gasteiger partial charge in [0.05, 0.1) is 17.1 Å². The summed E-state index contributed by atoms with van der Waals surface area (Å²) in [6, 6.07) is 1.66. The van der Waals surface area contributed by atoms with E-state index >= 15 is 0 Å². The van der Waals surface area contributed by atoms with Crippen LogP contribution in [0.2, 0.25) is 0 Å². The summed E-state index contributed by atoms with van der Waals surface area (Å²) < 4.78 is 0. The van der Waals surface area contributed by atoms with Gasteiger partial charge in [-0.3, -0.25) is 9.78 Å². The van der Waals surface area contributed by atoms with Crippen molar-refractivity contribution in [2.75, 3.05) is 5.75 Å². The predicted molar refractivity (Wildman–Crippen MR) is 61.1 cm³/mol. The third kappa shape index (κ3) is 2.07. The lowest BCUT2D eigenvalue weighted by Gasteiger charge is -1.99. The zero-order valence-corrected chi connectivity index (χ0v) is 8.75. The predicted octanol–water partition coefficient (Wildman–Crippen LogP) is 1.60. The number of thioether (sulfide) groups is 1. The number of aromatic nitrogens is 3. The van der Waals surface area contributed by atoms with Gasteiger partial charge in [0.2, 0.25) is 0 Å². The minimum atomic E-state index is -0.131. The number of H-pyrrole nitrogens is 1. The molecular formula is C10H9N3OS. The molecule has 0 amide bonds. The van der Waals surface area contributed by atoms with Crippen LogP contribution in [-0.2, 0) is 0 Å². The molecule has 2 rings (SSSR count). The lowest BCUT2D eigenvalue weighted by molar-refractivity contribution is 0.972. The zero-order valence-electron chi connectivity index (χ0n) is 7.93. The topological polar surface area (TPSA) is 58.6 Å². The van der Waals surface area contributed by atoms with Crippen molar-refractivity contribution >= 4 is 22.7 Å². The molecule has 0 bridgehead atoms. The van der Waals surface area contributed by atoms with Gasteiger partial charge in [-0.15, -0.1) is 6.58 Å². The minimum Gasteiger partial charge on any atom is -0.301 e. The van der Waals surface area contributed by atoms with Crippen LogP contribution >= 0.6 is 11.8 Å². The van der Waals surface area contributed by atoms with Crippen molar-refractivity contribution in [1.29, 1.82) is 0 Å². The van der Waals surface area contributed by atoms with Gasteiger partial charge in [-0.25, -0.2) is 4.98 Å². The van der Waals surface area contributed by atoms with E-state index in [1.807, 2.05) is 0 Å². The van der Waals surface area contributed by atoms with Crippen molar-refractivity contribution in [3.8, 4) is 0 Å². The van der Waals surface area contributed by atoms with Crippen LogP contribution < -0.4 is 5.56 Å². The van der Waals surface area contributed by atoms with E-state index in [-0.39, 0.29) is 5.56 Å². The van der Waals surface area contributed by atoms with Gasteiger partial charge in [0.1, 0.15) is 0 Å².